The summed E-state index contributed by atoms with van der Waals surface area (Å²) in [6.07, 6.45) is 3.99. The van der Waals surface area contributed by atoms with Gasteiger partial charge in [-0.15, -0.1) is 0 Å². The number of anilines is 1. The molecule has 2 bridgehead atoms. The van der Waals surface area contributed by atoms with Crippen molar-refractivity contribution in [2.45, 2.75) is 33.6 Å². The van der Waals surface area contributed by atoms with Crippen molar-refractivity contribution in [2.75, 3.05) is 12.2 Å². The summed E-state index contributed by atoms with van der Waals surface area (Å²) in [6.45, 7) is 6.57. The first-order chi connectivity index (χ1) is 9.91. The molecule has 2 aliphatic rings. The lowest BCUT2D eigenvalue weighted by molar-refractivity contribution is -0.125. The maximum absolute atomic E-state index is 12.8. The largest absolute Gasteiger partial charge is 0.294 e. The lowest BCUT2D eigenvalue weighted by atomic mass is 9.70. The van der Waals surface area contributed by atoms with Crippen LogP contribution in [0.3, 0.4) is 0 Å². The molecular weight excluding hydrogens is 262 g/mol. The molecule has 2 atom stereocenters. The normalized spacial score (nSPS) is 31.9. The van der Waals surface area contributed by atoms with E-state index in [4.69, 9.17) is 4.84 Å². The molecule has 3 nitrogen and oxygen atoms in total. The fourth-order valence-corrected chi connectivity index (χ4v) is 4.01. The van der Waals surface area contributed by atoms with Crippen molar-refractivity contribution in [1.82, 2.24) is 0 Å². The molecule has 21 heavy (non-hydrogen) atoms. The van der Waals surface area contributed by atoms with E-state index >= 15 is 0 Å². The highest BCUT2D eigenvalue weighted by Crippen LogP contribution is 2.65. The zero-order valence-corrected chi connectivity index (χ0v) is 13.2. The van der Waals surface area contributed by atoms with Crippen LogP contribution < -0.4 is 5.06 Å². The first-order valence-corrected chi connectivity index (χ1v) is 7.57. The Balaban J connectivity index is 1.99. The van der Waals surface area contributed by atoms with Gasteiger partial charge in [0.15, 0.2) is 5.78 Å². The second kappa shape index (κ2) is 4.70. The predicted molar refractivity (Wildman–Crippen MR) is 83.6 cm³/mol. The fourth-order valence-electron chi connectivity index (χ4n) is 4.01. The van der Waals surface area contributed by atoms with E-state index in [2.05, 4.69) is 20.8 Å². The number of hydrogen-bond acceptors (Lipinski definition) is 3. The summed E-state index contributed by atoms with van der Waals surface area (Å²) in [4.78, 5) is 18.3. The van der Waals surface area contributed by atoms with Crippen molar-refractivity contribution < 1.29 is 9.63 Å². The van der Waals surface area contributed by atoms with Crippen molar-refractivity contribution in [2.24, 2.45) is 16.7 Å². The number of nitrogens with zero attached hydrogens (tertiary/aromatic N) is 1. The van der Waals surface area contributed by atoms with E-state index < -0.39 is 0 Å². The van der Waals surface area contributed by atoms with Gasteiger partial charge in [0.2, 0.25) is 0 Å². The van der Waals surface area contributed by atoms with Crippen LogP contribution in [0.4, 0.5) is 5.69 Å². The third-order valence-corrected chi connectivity index (χ3v) is 5.83. The second-order valence-corrected chi connectivity index (χ2v) is 6.90. The number of hydrogen-bond donors (Lipinski definition) is 0. The van der Waals surface area contributed by atoms with Gasteiger partial charge < -0.3 is 0 Å². The fraction of sp³-hybridized carbons (Fsp3) is 0.500. The third kappa shape index (κ3) is 1.87. The van der Waals surface area contributed by atoms with Crippen LogP contribution in [0.25, 0.3) is 0 Å². The topological polar surface area (TPSA) is 29.5 Å². The molecule has 2 aliphatic carbocycles. The maximum atomic E-state index is 12.8. The van der Waals surface area contributed by atoms with Crippen LogP contribution in [0.5, 0.6) is 0 Å². The number of ketones is 1. The second-order valence-electron chi connectivity index (χ2n) is 6.90. The molecule has 0 amide bonds. The van der Waals surface area contributed by atoms with Gasteiger partial charge in [-0.3, -0.25) is 9.63 Å². The van der Waals surface area contributed by atoms with E-state index in [0.717, 1.165) is 24.1 Å². The van der Waals surface area contributed by atoms with Crippen LogP contribution >= 0.6 is 0 Å². The maximum Gasteiger partial charge on any atom is 0.167 e. The molecule has 0 radical (unpaired) electrons. The smallest absolute Gasteiger partial charge is 0.167 e. The monoisotopic (exact) mass is 285 g/mol. The Bertz CT molecular complexity index is 590. The number of carbonyl (C=O) groups excluding carboxylic acids is 1. The average molecular weight is 285 g/mol. The van der Waals surface area contributed by atoms with Crippen LogP contribution in [0.1, 0.15) is 33.6 Å². The molecule has 0 saturated heterocycles. The quantitative estimate of drug-likeness (QED) is 0.622. The molecule has 3 rings (SSSR count). The number of carbonyl (C=O) groups is 1. The van der Waals surface area contributed by atoms with Crippen molar-refractivity contribution in [3.05, 3.63) is 42.1 Å². The number of fused-ring (bicyclic) bond motifs is 2. The lowest BCUT2D eigenvalue weighted by Crippen LogP contribution is -2.32. The van der Waals surface area contributed by atoms with Crippen molar-refractivity contribution in [3.8, 4) is 0 Å². The molecule has 3 heteroatoms. The molecule has 112 valence electrons. The number of rotatable bonds is 3. The Hall–Kier alpha value is -1.61. The van der Waals surface area contributed by atoms with Crippen LogP contribution in [0.15, 0.2) is 42.1 Å². The van der Waals surface area contributed by atoms with E-state index in [1.807, 2.05) is 36.5 Å². The molecular formula is C18H23NO2. The molecule has 0 heterocycles. The Morgan fingerprint density at radius 1 is 1.24 bits per heavy atom. The molecule has 2 fully saturated rings. The minimum Gasteiger partial charge on any atom is -0.294 e. The summed E-state index contributed by atoms with van der Waals surface area (Å²) in [7, 11) is 1.63. The van der Waals surface area contributed by atoms with Gasteiger partial charge in [0, 0.05) is 17.2 Å². The van der Waals surface area contributed by atoms with Gasteiger partial charge >= 0.3 is 0 Å². The minimum absolute atomic E-state index is 0.0337. The minimum atomic E-state index is -0.223. The summed E-state index contributed by atoms with van der Waals surface area (Å²) in [6, 6.07) is 9.86. The van der Waals surface area contributed by atoms with Crippen LogP contribution in [0, 0.1) is 16.7 Å². The summed E-state index contributed by atoms with van der Waals surface area (Å²) in [5.74, 6) is 0.623. The molecule has 1 aromatic rings. The highest BCUT2D eigenvalue weighted by Gasteiger charge is 2.64. The molecule has 2 saturated carbocycles. The molecule has 0 spiro atoms. The summed E-state index contributed by atoms with van der Waals surface area (Å²) >= 11 is 0. The summed E-state index contributed by atoms with van der Waals surface area (Å²) in [5, 5.41) is 1.70. The van der Waals surface area contributed by atoms with Gasteiger partial charge in [0.1, 0.15) is 0 Å². The highest BCUT2D eigenvalue weighted by atomic mass is 16.7. The standard InChI is InChI=1S/C18H23NO2/c1-17(2)15-10-11-18(17,3)16(20)14(15)12-19(21-4)13-8-6-5-7-9-13/h5-9,12,15H,10-11H2,1-4H3/b14-12-/t15-,18-/m0/s1. The van der Waals surface area contributed by atoms with E-state index in [0.29, 0.717) is 11.7 Å². The first-order valence-electron chi connectivity index (χ1n) is 7.57. The van der Waals surface area contributed by atoms with Gasteiger partial charge in [0.25, 0.3) is 0 Å². The Morgan fingerprint density at radius 2 is 1.90 bits per heavy atom. The number of Topliss-reactive ketones (excluding diaryl/α,β-unsaturated/α-hetero) is 1. The predicted octanol–water partition coefficient (Wildman–Crippen LogP) is 3.96. The Morgan fingerprint density at radius 3 is 2.43 bits per heavy atom. The zero-order valence-electron chi connectivity index (χ0n) is 13.2. The van der Waals surface area contributed by atoms with Crippen molar-refractivity contribution >= 4 is 11.5 Å². The van der Waals surface area contributed by atoms with Gasteiger partial charge in [-0.2, -0.15) is 0 Å². The number of para-hydroxylation sites is 1. The third-order valence-electron chi connectivity index (χ3n) is 5.83. The number of allylic oxidation sites excluding steroid dienone is 1. The van der Waals surface area contributed by atoms with E-state index in [1.165, 1.54) is 0 Å². The summed E-state index contributed by atoms with van der Waals surface area (Å²) in [5.41, 5.74) is 1.66. The Labute approximate surface area is 126 Å². The van der Waals surface area contributed by atoms with E-state index in [-0.39, 0.29) is 10.8 Å². The highest BCUT2D eigenvalue weighted by molar-refractivity contribution is 6.04. The van der Waals surface area contributed by atoms with Gasteiger partial charge in [-0.1, -0.05) is 39.0 Å². The molecule has 0 aliphatic heterocycles. The average Bonchev–Trinajstić information content (AvgIpc) is 2.79. The van der Waals surface area contributed by atoms with Gasteiger partial charge in [0.05, 0.1) is 12.8 Å². The number of hydroxylamine groups is 1. The number of benzene rings is 1. The van der Waals surface area contributed by atoms with E-state index in [1.54, 1.807) is 12.2 Å². The molecule has 0 N–H and O–H groups in total. The SMILES string of the molecule is CON(/C=C1\C(=O)[C@]2(C)CC[C@@H]1C2(C)C)c1ccccc1. The van der Waals surface area contributed by atoms with E-state index in [9.17, 15) is 4.79 Å². The molecule has 0 aromatic heterocycles. The first kappa shape index (κ1) is 14.3. The van der Waals surface area contributed by atoms with Crippen LogP contribution in [-0.4, -0.2) is 12.9 Å². The van der Waals surface area contributed by atoms with Gasteiger partial charge in [-0.25, -0.2) is 5.06 Å². The Kier molecular flexibility index (Phi) is 3.21. The van der Waals surface area contributed by atoms with Crippen LogP contribution in [-0.2, 0) is 9.63 Å². The van der Waals surface area contributed by atoms with Gasteiger partial charge in [-0.05, 0) is 36.3 Å². The van der Waals surface area contributed by atoms with Crippen molar-refractivity contribution in [1.29, 1.82) is 0 Å². The van der Waals surface area contributed by atoms with Crippen molar-refractivity contribution in [3.63, 3.8) is 0 Å². The lowest BCUT2D eigenvalue weighted by Gasteiger charge is -2.31. The summed E-state index contributed by atoms with van der Waals surface area (Å²) < 4.78 is 0. The zero-order chi connectivity index (χ0) is 15.3. The molecule has 0 unspecified atom stereocenters. The molecule has 1 aromatic carbocycles. The van der Waals surface area contributed by atoms with Crippen LogP contribution in [0.2, 0.25) is 0 Å².